The Bertz CT molecular complexity index is 1000. The predicted octanol–water partition coefficient (Wildman–Crippen LogP) is 4.68. The van der Waals surface area contributed by atoms with Crippen LogP contribution in [0.1, 0.15) is 5.56 Å². The van der Waals surface area contributed by atoms with Crippen LogP contribution in [0.15, 0.2) is 79.0 Å². The van der Waals surface area contributed by atoms with Gasteiger partial charge in [0.1, 0.15) is 17.2 Å². The van der Waals surface area contributed by atoms with Gasteiger partial charge >= 0.3 is 0 Å². The van der Waals surface area contributed by atoms with Gasteiger partial charge in [0.15, 0.2) is 0 Å². The molecule has 0 unspecified atom stereocenters. The molecule has 4 nitrogen and oxygen atoms in total. The van der Waals surface area contributed by atoms with Crippen LogP contribution in [-0.4, -0.2) is 23.5 Å². The third-order valence-electron chi connectivity index (χ3n) is 4.49. The number of hydrogen-bond acceptors (Lipinski definition) is 3. The molecule has 4 aromatic rings. The molecule has 26 heavy (non-hydrogen) atoms. The molecule has 0 spiro atoms. The molecular formula is C22H22N4. The zero-order valence-corrected chi connectivity index (χ0v) is 15.1. The first-order valence-electron chi connectivity index (χ1n) is 8.75. The number of imidazole rings is 1. The second kappa shape index (κ2) is 6.92. The van der Waals surface area contributed by atoms with Gasteiger partial charge < -0.3 is 10.2 Å². The summed E-state index contributed by atoms with van der Waals surface area (Å²) in [7, 11) is 4.10. The molecule has 0 amide bonds. The van der Waals surface area contributed by atoms with Crippen molar-refractivity contribution in [3.8, 4) is 11.3 Å². The fourth-order valence-electron chi connectivity index (χ4n) is 3.07. The van der Waals surface area contributed by atoms with Crippen molar-refractivity contribution in [3.05, 3.63) is 84.6 Å². The molecule has 2 aromatic heterocycles. The van der Waals surface area contributed by atoms with Gasteiger partial charge in [0.05, 0.1) is 0 Å². The molecule has 0 atom stereocenters. The lowest BCUT2D eigenvalue weighted by atomic mass is 10.1. The summed E-state index contributed by atoms with van der Waals surface area (Å²) in [5.74, 6) is 1.02. The first-order valence-corrected chi connectivity index (χ1v) is 8.75. The Morgan fingerprint density at radius 3 is 2.35 bits per heavy atom. The van der Waals surface area contributed by atoms with Crippen molar-refractivity contribution in [1.82, 2.24) is 9.38 Å². The van der Waals surface area contributed by atoms with Crippen LogP contribution < -0.4 is 10.2 Å². The molecule has 0 aliphatic carbocycles. The van der Waals surface area contributed by atoms with E-state index in [-0.39, 0.29) is 0 Å². The second-order valence-electron chi connectivity index (χ2n) is 6.52. The Labute approximate surface area is 153 Å². The summed E-state index contributed by atoms with van der Waals surface area (Å²) in [4.78, 5) is 6.96. The molecule has 4 heteroatoms. The minimum absolute atomic E-state index is 0.756. The van der Waals surface area contributed by atoms with E-state index in [0.29, 0.717) is 0 Å². The molecule has 130 valence electrons. The molecule has 0 saturated carbocycles. The predicted molar refractivity (Wildman–Crippen MR) is 109 cm³/mol. The highest BCUT2D eigenvalue weighted by Crippen LogP contribution is 2.30. The number of rotatable bonds is 5. The summed E-state index contributed by atoms with van der Waals surface area (Å²) in [5.41, 5.74) is 5.44. The van der Waals surface area contributed by atoms with Gasteiger partial charge in [0.25, 0.3) is 0 Å². The quantitative estimate of drug-likeness (QED) is 0.571. The van der Waals surface area contributed by atoms with E-state index in [2.05, 4.69) is 63.1 Å². The van der Waals surface area contributed by atoms with Crippen molar-refractivity contribution < 1.29 is 0 Å². The van der Waals surface area contributed by atoms with Gasteiger partial charge in [-0.05, 0) is 29.8 Å². The smallest absolute Gasteiger partial charge is 0.139 e. The molecule has 2 aromatic carbocycles. The van der Waals surface area contributed by atoms with E-state index in [9.17, 15) is 0 Å². The fourth-order valence-corrected chi connectivity index (χ4v) is 3.07. The minimum Gasteiger partial charge on any atom is -0.378 e. The van der Waals surface area contributed by atoms with Crippen LogP contribution >= 0.6 is 0 Å². The van der Waals surface area contributed by atoms with Crippen molar-refractivity contribution in [1.29, 1.82) is 0 Å². The van der Waals surface area contributed by atoms with Crippen LogP contribution in [0.25, 0.3) is 16.9 Å². The number of nitrogens with zero attached hydrogens (tertiary/aromatic N) is 3. The maximum Gasteiger partial charge on any atom is 0.139 e. The van der Waals surface area contributed by atoms with Crippen molar-refractivity contribution in [2.45, 2.75) is 6.54 Å². The first kappa shape index (κ1) is 16.2. The van der Waals surface area contributed by atoms with Gasteiger partial charge in [-0.1, -0.05) is 48.5 Å². The topological polar surface area (TPSA) is 32.6 Å². The molecule has 0 bridgehead atoms. The number of hydrogen-bond donors (Lipinski definition) is 1. The summed E-state index contributed by atoms with van der Waals surface area (Å²) < 4.78 is 2.11. The lowest BCUT2D eigenvalue weighted by Crippen LogP contribution is -2.08. The fraction of sp³-hybridized carbons (Fsp3) is 0.136. The maximum absolute atomic E-state index is 4.86. The lowest BCUT2D eigenvalue weighted by molar-refractivity contribution is 1.08. The van der Waals surface area contributed by atoms with Crippen LogP contribution in [0, 0.1) is 0 Å². The Morgan fingerprint density at radius 2 is 1.62 bits per heavy atom. The lowest BCUT2D eigenvalue weighted by Gasteiger charge is -2.13. The average Bonchev–Trinajstić information content (AvgIpc) is 3.06. The Morgan fingerprint density at radius 1 is 0.885 bits per heavy atom. The second-order valence-corrected chi connectivity index (χ2v) is 6.52. The number of fused-ring (bicyclic) bond motifs is 1. The van der Waals surface area contributed by atoms with Gasteiger partial charge in [0.2, 0.25) is 0 Å². The molecule has 0 saturated heterocycles. The highest BCUT2D eigenvalue weighted by atomic mass is 15.1. The van der Waals surface area contributed by atoms with E-state index in [1.165, 1.54) is 11.3 Å². The van der Waals surface area contributed by atoms with Crippen molar-refractivity contribution in [2.24, 2.45) is 0 Å². The molecule has 0 radical (unpaired) electrons. The van der Waals surface area contributed by atoms with E-state index >= 15 is 0 Å². The van der Waals surface area contributed by atoms with Gasteiger partial charge in [-0.25, -0.2) is 4.98 Å². The molecule has 1 N–H and O–H groups in total. The number of nitrogens with one attached hydrogen (secondary N) is 1. The van der Waals surface area contributed by atoms with Crippen LogP contribution in [0.4, 0.5) is 11.5 Å². The van der Waals surface area contributed by atoms with E-state index < -0.39 is 0 Å². The van der Waals surface area contributed by atoms with Gasteiger partial charge in [-0.2, -0.15) is 0 Å². The third-order valence-corrected chi connectivity index (χ3v) is 4.49. The molecule has 0 fully saturated rings. The highest BCUT2D eigenvalue weighted by Gasteiger charge is 2.14. The summed E-state index contributed by atoms with van der Waals surface area (Å²) in [5, 5.41) is 3.58. The summed E-state index contributed by atoms with van der Waals surface area (Å²) in [6.45, 7) is 0.756. The van der Waals surface area contributed by atoms with Gasteiger partial charge in [-0.15, -0.1) is 0 Å². The number of pyridine rings is 1. The van der Waals surface area contributed by atoms with Gasteiger partial charge in [0, 0.05) is 38.1 Å². The number of anilines is 2. The summed E-state index contributed by atoms with van der Waals surface area (Å²) >= 11 is 0. The summed E-state index contributed by atoms with van der Waals surface area (Å²) in [6.07, 6.45) is 2.05. The molecule has 0 aliphatic rings. The number of aromatic nitrogens is 2. The standard InChI is InChI=1S/C22H22N4/c1-25(2)19-13-11-18(12-14-19)21-22(23-16-17-8-4-3-5-9-17)26-15-7-6-10-20(26)24-21/h3-15,23H,16H2,1-2H3. The highest BCUT2D eigenvalue weighted by molar-refractivity contribution is 5.77. The van der Waals surface area contributed by atoms with Gasteiger partial charge in [-0.3, -0.25) is 4.40 Å². The monoisotopic (exact) mass is 342 g/mol. The normalized spacial score (nSPS) is 10.8. The molecule has 0 aliphatic heterocycles. The Balaban J connectivity index is 1.73. The third kappa shape index (κ3) is 3.14. The first-order chi connectivity index (χ1) is 12.7. The van der Waals surface area contributed by atoms with Crippen LogP contribution in [-0.2, 0) is 6.54 Å². The molecule has 2 heterocycles. The minimum atomic E-state index is 0.756. The van der Waals surface area contributed by atoms with Crippen molar-refractivity contribution >= 4 is 17.2 Å². The van der Waals surface area contributed by atoms with Crippen molar-refractivity contribution in [2.75, 3.05) is 24.3 Å². The van der Waals surface area contributed by atoms with Crippen LogP contribution in [0.5, 0.6) is 0 Å². The molecule has 4 rings (SSSR count). The average molecular weight is 342 g/mol. The SMILES string of the molecule is CN(C)c1ccc(-c2nc3ccccn3c2NCc2ccccc2)cc1. The number of benzene rings is 2. The van der Waals surface area contributed by atoms with Crippen molar-refractivity contribution in [3.63, 3.8) is 0 Å². The van der Waals surface area contributed by atoms with Crippen LogP contribution in [0.3, 0.4) is 0 Å². The van der Waals surface area contributed by atoms with E-state index in [0.717, 1.165) is 29.3 Å². The van der Waals surface area contributed by atoms with E-state index in [1.54, 1.807) is 0 Å². The van der Waals surface area contributed by atoms with E-state index in [4.69, 9.17) is 4.98 Å². The molecular weight excluding hydrogens is 320 g/mol. The maximum atomic E-state index is 4.86. The van der Waals surface area contributed by atoms with Crippen LogP contribution in [0.2, 0.25) is 0 Å². The Hall–Kier alpha value is -3.27. The zero-order valence-electron chi connectivity index (χ0n) is 15.1. The summed E-state index contributed by atoms with van der Waals surface area (Å²) in [6, 6.07) is 25.0. The zero-order chi connectivity index (χ0) is 17.9. The Kier molecular flexibility index (Phi) is 4.32. The van der Waals surface area contributed by atoms with E-state index in [1.807, 2.05) is 44.6 Å². The largest absolute Gasteiger partial charge is 0.378 e.